The SMILES string of the molecule is Cc1cc([N+](=O)[O-])c(Cl)cc1N1CCC(C(C)N)C1. The van der Waals surface area contributed by atoms with Crippen LogP contribution in [0.1, 0.15) is 18.9 Å². The minimum absolute atomic E-state index is 0.0362. The number of nitrogens with zero attached hydrogens (tertiary/aromatic N) is 2. The monoisotopic (exact) mass is 283 g/mol. The summed E-state index contributed by atoms with van der Waals surface area (Å²) < 4.78 is 0. The molecular weight excluding hydrogens is 266 g/mol. The minimum atomic E-state index is -0.451. The molecule has 1 fully saturated rings. The van der Waals surface area contributed by atoms with E-state index in [-0.39, 0.29) is 16.8 Å². The molecule has 2 rings (SSSR count). The largest absolute Gasteiger partial charge is 0.371 e. The number of anilines is 1. The van der Waals surface area contributed by atoms with E-state index in [9.17, 15) is 10.1 Å². The smallest absolute Gasteiger partial charge is 0.288 e. The van der Waals surface area contributed by atoms with E-state index in [1.165, 1.54) is 6.07 Å². The molecule has 1 aliphatic rings. The van der Waals surface area contributed by atoms with E-state index < -0.39 is 4.92 Å². The average molecular weight is 284 g/mol. The van der Waals surface area contributed by atoms with Gasteiger partial charge in [-0.3, -0.25) is 10.1 Å². The Labute approximate surface area is 117 Å². The normalized spacial score (nSPS) is 20.6. The average Bonchev–Trinajstić information content (AvgIpc) is 2.80. The highest BCUT2D eigenvalue weighted by molar-refractivity contribution is 6.33. The van der Waals surface area contributed by atoms with E-state index in [1.807, 2.05) is 13.8 Å². The number of nitrogens with two attached hydrogens (primary N) is 1. The molecule has 104 valence electrons. The number of rotatable bonds is 3. The van der Waals surface area contributed by atoms with E-state index in [0.717, 1.165) is 30.8 Å². The Balaban J connectivity index is 2.27. The highest BCUT2D eigenvalue weighted by Crippen LogP contribution is 2.35. The van der Waals surface area contributed by atoms with Gasteiger partial charge in [0.05, 0.1) is 4.92 Å². The maximum absolute atomic E-state index is 10.8. The van der Waals surface area contributed by atoms with Crippen LogP contribution in [-0.4, -0.2) is 24.1 Å². The van der Waals surface area contributed by atoms with E-state index >= 15 is 0 Å². The van der Waals surface area contributed by atoms with E-state index in [2.05, 4.69) is 4.90 Å². The molecule has 2 N–H and O–H groups in total. The zero-order chi connectivity index (χ0) is 14.2. The lowest BCUT2D eigenvalue weighted by atomic mass is 10.0. The van der Waals surface area contributed by atoms with Gasteiger partial charge in [-0.2, -0.15) is 0 Å². The molecule has 0 saturated carbocycles. The van der Waals surface area contributed by atoms with E-state index in [1.54, 1.807) is 6.07 Å². The number of nitro groups is 1. The summed E-state index contributed by atoms with van der Waals surface area (Å²) in [5.74, 6) is 0.466. The van der Waals surface area contributed by atoms with Gasteiger partial charge in [0.1, 0.15) is 5.02 Å². The van der Waals surface area contributed by atoms with Crippen LogP contribution in [-0.2, 0) is 0 Å². The highest BCUT2D eigenvalue weighted by Gasteiger charge is 2.27. The highest BCUT2D eigenvalue weighted by atomic mass is 35.5. The summed E-state index contributed by atoms with van der Waals surface area (Å²) >= 11 is 5.98. The molecule has 2 unspecified atom stereocenters. The lowest BCUT2D eigenvalue weighted by molar-refractivity contribution is -0.384. The van der Waals surface area contributed by atoms with Crippen molar-refractivity contribution in [1.29, 1.82) is 0 Å². The van der Waals surface area contributed by atoms with Crippen LogP contribution in [0.3, 0.4) is 0 Å². The first-order valence-corrected chi connectivity index (χ1v) is 6.73. The second-order valence-electron chi connectivity index (χ2n) is 5.20. The Bertz CT molecular complexity index is 505. The molecule has 5 nitrogen and oxygen atoms in total. The van der Waals surface area contributed by atoms with Crippen molar-refractivity contribution in [2.45, 2.75) is 26.3 Å². The third-order valence-electron chi connectivity index (χ3n) is 3.77. The van der Waals surface area contributed by atoms with Gasteiger partial charge in [0.25, 0.3) is 5.69 Å². The molecule has 2 atom stereocenters. The number of aryl methyl sites for hydroxylation is 1. The second-order valence-corrected chi connectivity index (χ2v) is 5.61. The standard InChI is InChI=1S/C13H18ClN3O2/c1-8-5-13(17(18)19)11(14)6-12(8)16-4-3-10(7-16)9(2)15/h5-6,9-10H,3-4,7,15H2,1-2H3. The predicted octanol–water partition coefficient (Wildman–Crippen LogP) is 2.73. The summed E-state index contributed by atoms with van der Waals surface area (Å²) in [5, 5.41) is 11.0. The van der Waals surface area contributed by atoms with Crippen LogP contribution in [0.5, 0.6) is 0 Å². The maximum atomic E-state index is 10.8. The number of benzene rings is 1. The Morgan fingerprint density at radius 1 is 1.58 bits per heavy atom. The van der Waals surface area contributed by atoms with Crippen LogP contribution >= 0.6 is 11.6 Å². The lowest BCUT2D eigenvalue weighted by Crippen LogP contribution is -2.29. The Morgan fingerprint density at radius 2 is 2.26 bits per heavy atom. The molecule has 1 aromatic carbocycles. The Morgan fingerprint density at radius 3 is 2.79 bits per heavy atom. The molecule has 0 radical (unpaired) electrons. The topological polar surface area (TPSA) is 72.4 Å². The fourth-order valence-electron chi connectivity index (χ4n) is 2.57. The van der Waals surface area contributed by atoms with Gasteiger partial charge in [-0.15, -0.1) is 0 Å². The molecule has 0 aliphatic carbocycles. The van der Waals surface area contributed by atoms with E-state index in [0.29, 0.717) is 5.92 Å². The molecule has 19 heavy (non-hydrogen) atoms. The predicted molar refractivity (Wildman–Crippen MR) is 76.8 cm³/mol. The van der Waals surface area contributed by atoms with Gasteiger partial charge >= 0.3 is 0 Å². The van der Waals surface area contributed by atoms with Gasteiger partial charge in [-0.25, -0.2) is 0 Å². The number of hydrogen-bond acceptors (Lipinski definition) is 4. The molecule has 0 spiro atoms. The molecule has 0 aromatic heterocycles. The summed E-state index contributed by atoms with van der Waals surface area (Å²) in [7, 11) is 0. The molecule has 1 aliphatic heterocycles. The lowest BCUT2D eigenvalue weighted by Gasteiger charge is -2.22. The zero-order valence-corrected chi connectivity index (χ0v) is 11.9. The van der Waals surface area contributed by atoms with Gasteiger partial charge in [0, 0.05) is 30.9 Å². The van der Waals surface area contributed by atoms with Crippen LogP contribution in [0.2, 0.25) is 5.02 Å². The second kappa shape index (κ2) is 5.35. The molecular formula is C13H18ClN3O2. The van der Waals surface area contributed by atoms with Crippen molar-refractivity contribution in [2.24, 2.45) is 11.7 Å². The molecule has 1 saturated heterocycles. The number of nitro benzene ring substituents is 1. The molecule has 0 amide bonds. The van der Waals surface area contributed by atoms with Gasteiger partial charge in [-0.05, 0) is 37.8 Å². The molecule has 0 bridgehead atoms. The third-order valence-corrected chi connectivity index (χ3v) is 4.07. The Hall–Kier alpha value is -1.33. The Kier molecular flexibility index (Phi) is 3.96. The zero-order valence-electron chi connectivity index (χ0n) is 11.1. The fourth-order valence-corrected chi connectivity index (χ4v) is 2.80. The van der Waals surface area contributed by atoms with Crippen molar-refractivity contribution in [3.63, 3.8) is 0 Å². The summed E-state index contributed by atoms with van der Waals surface area (Å²) in [5.41, 5.74) is 7.74. The summed E-state index contributed by atoms with van der Waals surface area (Å²) in [6.07, 6.45) is 1.05. The minimum Gasteiger partial charge on any atom is -0.371 e. The van der Waals surface area contributed by atoms with Crippen molar-refractivity contribution >= 4 is 23.0 Å². The van der Waals surface area contributed by atoms with Gasteiger partial charge in [-0.1, -0.05) is 11.6 Å². The van der Waals surface area contributed by atoms with Crippen LogP contribution in [0, 0.1) is 23.0 Å². The molecule has 1 aromatic rings. The van der Waals surface area contributed by atoms with Gasteiger partial charge in [0.2, 0.25) is 0 Å². The summed E-state index contributed by atoms with van der Waals surface area (Å²) in [6, 6.07) is 3.40. The molecule has 1 heterocycles. The summed E-state index contributed by atoms with van der Waals surface area (Å²) in [4.78, 5) is 12.6. The fraction of sp³-hybridized carbons (Fsp3) is 0.538. The van der Waals surface area contributed by atoms with Crippen LogP contribution in [0.4, 0.5) is 11.4 Å². The summed E-state index contributed by atoms with van der Waals surface area (Å²) in [6.45, 7) is 5.69. The van der Waals surface area contributed by atoms with Crippen molar-refractivity contribution in [1.82, 2.24) is 0 Å². The maximum Gasteiger partial charge on any atom is 0.288 e. The van der Waals surface area contributed by atoms with Gasteiger partial charge < -0.3 is 10.6 Å². The van der Waals surface area contributed by atoms with Crippen LogP contribution in [0.15, 0.2) is 12.1 Å². The van der Waals surface area contributed by atoms with Crippen LogP contribution in [0.25, 0.3) is 0 Å². The first-order valence-electron chi connectivity index (χ1n) is 6.35. The molecule has 6 heteroatoms. The van der Waals surface area contributed by atoms with Crippen molar-refractivity contribution in [3.8, 4) is 0 Å². The third kappa shape index (κ3) is 2.82. The number of halogens is 1. The van der Waals surface area contributed by atoms with Crippen molar-refractivity contribution < 1.29 is 4.92 Å². The quantitative estimate of drug-likeness (QED) is 0.684. The first kappa shape index (κ1) is 14.1. The number of hydrogen-bond donors (Lipinski definition) is 1. The first-order chi connectivity index (χ1) is 8.90. The van der Waals surface area contributed by atoms with Gasteiger partial charge in [0.15, 0.2) is 0 Å². The van der Waals surface area contributed by atoms with Crippen molar-refractivity contribution in [3.05, 3.63) is 32.8 Å². The van der Waals surface area contributed by atoms with Crippen LogP contribution < -0.4 is 10.6 Å². The van der Waals surface area contributed by atoms with Crippen molar-refractivity contribution in [2.75, 3.05) is 18.0 Å². The van der Waals surface area contributed by atoms with E-state index in [4.69, 9.17) is 17.3 Å².